The number of amides is 1. The van der Waals surface area contributed by atoms with E-state index in [1.807, 2.05) is 54.7 Å². The first-order valence-corrected chi connectivity index (χ1v) is 10.4. The summed E-state index contributed by atoms with van der Waals surface area (Å²) in [6, 6.07) is 14.5. The standard InChI is InChI=1S/C24H25N5O/c1-16-4-3-5-20(8-16)24(30)28-14-18(9-17(28)2)15-29-23-7-6-19(10-21(23)13-27-29)22-11-25-26-12-22/h3-8,10-13,17-18H,9,14-15H2,1-2H3,(H,25,26)/t17-,18-/m1/s1. The summed E-state index contributed by atoms with van der Waals surface area (Å²) in [6.45, 7) is 5.75. The van der Waals surface area contributed by atoms with Gasteiger partial charge < -0.3 is 4.90 Å². The number of carbonyl (C=O) groups excluding carboxylic acids is 1. The molecular weight excluding hydrogens is 374 g/mol. The lowest BCUT2D eigenvalue weighted by Gasteiger charge is -2.21. The third kappa shape index (κ3) is 3.38. The van der Waals surface area contributed by atoms with Crippen LogP contribution in [0.4, 0.5) is 0 Å². The molecular formula is C24H25N5O. The molecule has 1 amide bonds. The van der Waals surface area contributed by atoms with E-state index in [0.717, 1.165) is 52.7 Å². The fraction of sp³-hybridized carbons (Fsp3) is 0.292. The van der Waals surface area contributed by atoms with E-state index in [1.54, 1.807) is 0 Å². The smallest absolute Gasteiger partial charge is 0.254 e. The van der Waals surface area contributed by atoms with E-state index in [9.17, 15) is 4.79 Å². The number of rotatable bonds is 4. The molecule has 30 heavy (non-hydrogen) atoms. The van der Waals surface area contributed by atoms with Crippen molar-refractivity contribution in [3.63, 3.8) is 0 Å². The van der Waals surface area contributed by atoms with Crippen LogP contribution in [0, 0.1) is 12.8 Å². The van der Waals surface area contributed by atoms with E-state index in [0.29, 0.717) is 5.92 Å². The van der Waals surface area contributed by atoms with E-state index in [4.69, 9.17) is 0 Å². The average molecular weight is 399 g/mol. The maximum Gasteiger partial charge on any atom is 0.254 e. The molecule has 2 aromatic heterocycles. The number of fused-ring (bicyclic) bond motifs is 1. The van der Waals surface area contributed by atoms with E-state index >= 15 is 0 Å². The van der Waals surface area contributed by atoms with Gasteiger partial charge in [-0.25, -0.2) is 0 Å². The molecule has 0 spiro atoms. The molecule has 1 saturated heterocycles. The minimum atomic E-state index is 0.128. The first-order valence-electron chi connectivity index (χ1n) is 10.4. The molecule has 6 nitrogen and oxygen atoms in total. The van der Waals surface area contributed by atoms with Crippen LogP contribution in [0.5, 0.6) is 0 Å². The molecule has 1 fully saturated rings. The molecule has 2 atom stereocenters. The first kappa shape index (κ1) is 18.6. The summed E-state index contributed by atoms with van der Waals surface area (Å²) in [5.74, 6) is 0.522. The molecule has 3 heterocycles. The average Bonchev–Trinajstić information content (AvgIpc) is 3.48. The van der Waals surface area contributed by atoms with Crippen molar-refractivity contribution in [1.29, 1.82) is 0 Å². The van der Waals surface area contributed by atoms with Crippen molar-refractivity contribution in [3.8, 4) is 11.1 Å². The number of hydrogen-bond donors (Lipinski definition) is 1. The fourth-order valence-electron chi connectivity index (χ4n) is 4.57. The Morgan fingerprint density at radius 1 is 1.17 bits per heavy atom. The Labute approximate surface area is 175 Å². The van der Waals surface area contributed by atoms with Gasteiger partial charge in [0.25, 0.3) is 5.91 Å². The lowest BCUT2D eigenvalue weighted by atomic mass is 10.1. The van der Waals surface area contributed by atoms with Crippen molar-refractivity contribution < 1.29 is 4.79 Å². The Morgan fingerprint density at radius 2 is 2.07 bits per heavy atom. The van der Waals surface area contributed by atoms with Crippen molar-refractivity contribution in [2.45, 2.75) is 32.9 Å². The normalized spacial score (nSPS) is 18.9. The molecule has 4 aromatic rings. The van der Waals surface area contributed by atoms with Crippen LogP contribution >= 0.6 is 0 Å². The monoisotopic (exact) mass is 399 g/mol. The van der Waals surface area contributed by atoms with Gasteiger partial charge in [-0.15, -0.1) is 0 Å². The van der Waals surface area contributed by atoms with Gasteiger partial charge in [-0.2, -0.15) is 10.2 Å². The van der Waals surface area contributed by atoms with Gasteiger partial charge >= 0.3 is 0 Å². The summed E-state index contributed by atoms with van der Waals surface area (Å²) in [7, 11) is 0. The van der Waals surface area contributed by atoms with Crippen LogP contribution in [0.25, 0.3) is 22.0 Å². The minimum absolute atomic E-state index is 0.128. The van der Waals surface area contributed by atoms with Crippen molar-refractivity contribution >= 4 is 16.8 Å². The highest BCUT2D eigenvalue weighted by molar-refractivity contribution is 5.94. The minimum Gasteiger partial charge on any atom is -0.336 e. The van der Waals surface area contributed by atoms with Crippen molar-refractivity contribution in [3.05, 3.63) is 72.2 Å². The van der Waals surface area contributed by atoms with Crippen LogP contribution in [0.1, 0.15) is 29.3 Å². The number of nitrogens with zero attached hydrogens (tertiary/aromatic N) is 4. The maximum atomic E-state index is 13.0. The SMILES string of the molecule is Cc1cccc(C(=O)N2C[C@H](Cn3ncc4cc(-c5cn[nH]c5)ccc43)C[C@H]2C)c1. The molecule has 6 heteroatoms. The molecule has 0 unspecified atom stereocenters. The predicted octanol–water partition coefficient (Wildman–Crippen LogP) is 4.29. The zero-order valence-electron chi connectivity index (χ0n) is 17.2. The van der Waals surface area contributed by atoms with Crippen molar-refractivity contribution in [1.82, 2.24) is 24.9 Å². The Hall–Kier alpha value is -3.41. The number of aromatic nitrogens is 4. The summed E-state index contributed by atoms with van der Waals surface area (Å²) in [5, 5.41) is 12.6. The number of aromatic amines is 1. The highest BCUT2D eigenvalue weighted by atomic mass is 16.2. The molecule has 0 saturated carbocycles. The first-order chi connectivity index (χ1) is 14.6. The summed E-state index contributed by atoms with van der Waals surface area (Å²) in [4.78, 5) is 15.0. The summed E-state index contributed by atoms with van der Waals surface area (Å²) < 4.78 is 2.08. The van der Waals surface area contributed by atoms with Crippen LogP contribution in [-0.2, 0) is 6.54 Å². The van der Waals surface area contributed by atoms with Gasteiger partial charge in [-0.3, -0.25) is 14.6 Å². The molecule has 0 bridgehead atoms. The number of hydrogen-bond acceptors (Lipinski definition) is 3. The molecule has 1 aliphatic heterocycles. The molecule has 0 aliphatic carbocycles. The quantitative estimate of drug-likeness (QED) is 0.557. The number of nitrogens with one attached hydrogen (secondary N) is 1. The van der Waals surface area contributed by atoms with E-state index in [1.165, 1.54) is 0 Å². The molecule has 152 valence electrons. The zero-order chi connectivity index (χ0) is 20.7. The van der Waals surface area contributed by atoms with Gasteiger partial charge in [0.15, 0.2) is 0 Å². The van der Waals surface area contributed by atoms with E-state index in [-0.39, 0.29) is 11.9 Å². The number of aryl methyl sites for hydroxylation is 1. The second kappa shape index (κ2) is 7.44. The summed E-state index contributed by atoms with van der Waals surface area (Å²) in [6.07, 6.45) is 6.63. The van der Waals surface area contributed by atoms with Gasteiger partial charge in [0.2, 0.25) is 0 Å². The topological polar surface area (TPSA) is 66.8 Å². The van der Waals surface area contributed by atoms with E-state index in [2.05, 4.69) is 45.1 Å². The Morgan fingerprint density at radius 3 is 2.87 bits per heavy atom. The third-order valence-corrected chi connectivity index (χ3v) is 6.09. The molecule has 5 rings (SSSR count). The highest BCUT2D eigenvalue weighted by Crippen LogP contribution is 2.28. The molecule has 1 N–H and O–H groups in total. The number of benzene rings is 2. The number of H-pyrrole nitrogens is 1. The summed E-state index contributed by atoms with van der Waals surface area (Å²) >= 11 is 0. The maximum absolute atomic E-state index is 13.0. The van der Waals surface area contributed by atoms with Crippen LogP contribution in [0.3, 0.4) is 0 Å². The van der Waals surface area contributed by atoms with E-state index < -0.39 is 0 Å². The molecule has 0 radical (unpaired) electrons. The zero-order valence-corrected chi connectivity index (χ0v) is 17.2. The van der Waals surface area contributed by atoms with Gasteiger partial charge in [-0.1, -0.05) is 23.8 Å². The molecule has 2 aromatic carbocycles. The predicted molar refractivity (Wildman–Crippen MR) is 117 cm³/mol. The largest absolute Gasteiger partial charge is 0.336 e. The van der Waals surface area contributed by atoms with Gasteiger partial charge in [0, 0.05) is 41.8 Å². The Bertz CT molecular complexity index is 1190. The number of carbonyl (C=O) groups is 1. The van der Waals surface area contributed by atoms with Crippen LogP contribution in [0.15, 0.2) is 61.1 Å². The van der Waals surface area contributed by atoms with Crippen LogP contribution < -0.4 is 0 Å². The van der Waals surface area contributed by atoms with Gasteiger partial charge in [0.1, 0.15) is 0 Å². The van der Waals surface area contributed by atoms with Crippen LogP contribution in [0.2, 0.25) is 0 Å². The van der Waals surface area contributed by atoms with Crippen LogP contribution in [-0.4, -0.2) is 43.4 Å². The Kier molecular flexibility index (Phi) is 4.62. The second-order valence-corrected chi connectivity index (χ2v) is 8.36. The second-order valence-electron chi connectivity index (χ2n) is 8.36. The molecule has 1 aliphatic rings. The number of likely N-dealkylation sites (tertiary alicyclic amines) is 1. The van der Waals surface area contributed by atoms with Gasteiger partial charge in [0.05, 0.1) is 17.9 Å². The lowest BCUT2D eigenvalue weighted by molar-refractivity contribution is 0.0742. The van der Waals surface area contributed by atoms with Gasteiger partial charge in [-0.05, 0) is 56.0 Å². The third-order valence-electron chi connectivity index (χ3n) is 6.09. The highest BCUT2D eigenvalue weighted by Gasteiger charge is 2.33. The fourth-order valence-corrected chi connectivity index (χ4v) is 4.57. The lowest BCUT2D eigenvalue weighted by Crippen LogP contribution is -2.34. The van der Waals surface area contributed by atoms with Crippen molar-refractivity contribution in [2.24, 2.45) is 5.92 Å². The van der Waals surface area contributed by atoms with Crippen molar-refractivity contribution in [2.75, 3.05) is 6.54 Å². The Balaban J connectivity index is 1.33. The summed E-state index contributed by atoms with van der Waals surface area (Å²) in [5.41, 5.74) is 5.21.